The summed E-state index contributed by atoms with van der Waals surface area (Å²) in [7, 11) is 0. The van der Waals surface area contributed by atoms with E-state index in [4.69, 9.17) is 28.3 Å². The molecule has 8 heteroatoms. The summed E-state index contributed by atoms with van der Waals surface area (Å²) < 4.78 is 15.7. The highest BCUT2D eigenvalue weighted by Gasteiger charge is 2.24. The predicted molar refractivity (Wildman–Crippen MR) is 119 cm³/mol. The van der Waals surface area contributed by atoms with Crippen molar-refractivity contribution in [1.29, 1.82) is 0 Å². The Bertz CT molecular complexity index is 1210. The van der Waals surface area contributed by atoms with Gasteiger partial charge in [-0.1, -0.05) is 41.4 Å². The summed E-state index contributed by atoms with van der Waals surface area (Å²) in [6, 6.07) is 12.9. The molecule has 1 N–H and O–H groups in total. The third-order valence-corrected chi connectivity index (χ3v) is 6.13. The molecule has 0 bridgehead atoms. The van der Waals surface area contributed by atoms with Crippen LogP contribution >= 0.6 is 23.2 Å². The van der Waals surface area contributed by atoms with E-state index in [2.05, 4.69) is 0 Å². The minimum Gasteiger partial charge on any atom is -0.478 e. The van der Waals surface area contributed by atoms with Gasteiger partial charge in [0, 0.05) is 24.3 Å². The highest BCUT2D eigenvalue weighted by molar-refractivity contribution is 6.34. The number of aromatic carboxylic acids is 1. The number of hydrogen-bond donors (Lipinski definition) is 1. The largest absolute Gasteiger partial charge is 0.478 e. The molecule has 0 radical (unpaired) electrons. The first-order chi connectivity index (χ1) is 14.8. The van der Waals surface area contributed by atoms with E-state index in [1.54, 1.807) is 22.8 Å². The zero-order valence-electron chi connectivity index (χ0n) is 16.4. The average molecular weight is 461 g/mol. The summed E-state index contributed by atoms with van der Waals surface area (Å²) in [6.07, 6.45) is 1.09. The van der Waals surface area contributed by atoms with E-state index in [1.165, 1.54) is 24.3 Å². The van der Waals surface area contributed by atoms with E-state index in [1.807, 2.05) is 11.0 Å². The molecule has 0 unspecified atom stereocenters. The molecule has 160 valence electrons. The van der Waals surface area contributed by atoms with Crippen LogP contribution in [0.1, 0.15) is 27.2 Å². The zero-order chi connectivity index (χ0) is 22.1. The molecule has 0 amide bonds. The van der Waals surface area contributed by atoms with Gasteiger partial charge in [-0.3, -0.25) is 4.79 Å². The Morgan fingerprint density at radius 2 is 1.84 bits per heavy atom. The van der Waals surface area contributed by atoms with Crippen LogP contribution in [-0.2, 0) is 25.9 Å². The second-order valence-electron chi connectivity index (χ2n) is 7.40. The number of anilines is 1. The molecule has 1 aromatic heterocycles. The van der Waals surface area contributed by atoms with Crippen molar-refractivity contribution in [2.75, 3.05) is 11.4 Å². The number of carboxylic acids is 1. The van der Waals surface area contributed by atoms with Gasteiger partial charge >= 0.3 is 5.97 Å². The number of aryl methyl sites for hydroxylation is 1. The van der Waals surface area contributed by atoms with Gasteiger partial charge in [0.1, 0.15) is 10.8 Å². The van der Waals surface area contributed by atoms with Crippen LogP contribution < -0.4 is 10.5 Å². The van der Waals surface area contributed by atoms with E-state index in [0.717, 1.165) is 11.3 Å². The molecular formula is C23H19Cl2FN2O3. The first-order valence-electron chi connectivity index (χ1n) is 9.77. The molecule has 1 aliphatic heterocycles. The Hall–Kier alpha value is -2.83. The number of carbonyl (C=O) groups is 1. The molecular weight excluding hydrogens is 442 g/mol. The fourth-order valence-electron chi connectivity index (χ4n) is 3.89. The van der Waals surface area contributed by atoms with Crippen molar-refractivity contribution in [3.8, 4) is 0 Å². The fraction of sp³-hybridized carbons (Fsp3) is 0.217. The lowest BCUT2D eigenvalue weighted by atomic mass is 10.1. The van der Waals surface area contributed by atoms with E-state index < -0.39 is 5.97 Å². The number of fused-ring (bicyclic) bond motifs is 1. The molecule has 4 rings (SSSR count). The summed E-state index contributed by atoms with van der Waals surface area (Å²) in [5, 5.41) is 9.44. The molecule has 0 saturated heterocycles. The second-order valence-corrected chi connectivity index (χ2v) is 8.22. The Morgan fingerprint density at radius 1 is 1.10 bits per heavy atom. The lowest BCUT2D eigenvalue weighted by Crippen LogP contribution is -2.30. The maximum atomic E-state index is 14.1. The van der Waals surface area contributed by atoms with Crippen LogP contribution in [-0.4, -0.2) is 22.2 Å². The molecule has 0 fully saturated rings. The topological polar surface area (TPSA) is 62.5 Å². The number of hydrogen-bond acceptors (Lipinski definition) is 3. The number of pyridine rings is 1. The van der Waals surface area contributed by atoms with Crippen molar-refractivity contribution in [2.45, 2.75) is 25.9 Å². The van der Waals surface area contributed by atoms with E-state index in [9.17, 15) is 14.0 Å². The average Bonchev–Trinajstić information content (AvgIpc) is 3.16. The minimum atomic E-state index is -0.992. The van der Waals surface area contributed by atoms with Gasteiger partial charge in [-0.25, -0.2) is 9.18 Å². The maximum Gasteiger partial charge on any atom is 0.335 e. The number of carboxylic acid groups (broad SMARTS) is 1. The number of rotatable bonds is 6. The predicted octanol–water partition coefficient (Wildman–Crippen LogP) is 4.80. The second kappa shape index (κ2) is 8.73. The Morgan fingerprint density at radius 3 is 2.55 bits per heavy atom. The number of aromatic nitrogens is 1. The van der Waals surface area contributed by atoms with Crippen LogP contribution in [0.5, 0.6) is 0 Å². The Balaban J connectivity index is 1.62. The first-order valence-corrected chi connectivity index (χ1v) is 10.5. The van der Waals surface area contributed by atoms with Gasteiger partial charge in [-0.2, -0.15) is 0 Å². The van der Waals surface area contributed by atoms with Crippen molar-refractivity contribution in [1.82, 2.24) is 4.57 Å². The highest BCUT2D eigenvalue weighted by Crippen LogP contribution is 2.32. The van der Waals surface area contributed by atoms with Gasteiger partial charge in [0.2, 0.25) is 0 Å². The number of nitrogens with zero attached hydrogens (tertiary/aromatic N) is 2. The molecule has 3 aromatic rings. The van der Waals surface area contributed by atoms with Gasteiger partial charge in [-0.05, 0) is 48.7 Å². The fourth-order valence-corrected chi connectivity index (χ4v) is 4.43. The summed E-state index contributed by atoms with van der Waals surface area (Å²) in [5.74, 6) is -1.22. The Kier molecular flexibility index (Phi) is 6.03. The van der Waals surface area contributed by atoms with Crippen molar-refractivity contribution in [3.63, 3.8) is 0 Å². The molecule has 2 aromatic carbocycles. The number of benzene rings is 2. The van der Waals surface area contributed by atoms with Crippen molar-refractivity contribution < 1.29 is 14.3 Å². The smallest absolute Gasteiger partial charge is 0.335 e. The van der Waals surface area contributed by atoms with Crippen molar-refractivity contribution >= 4 is 34.9 Å². The normalized spacial score (nSPS) is 12.8. The van der Waals surface area contributed by atoms with Gasteiger partial charge in [0.25, 0.3) is 5.56 Å². The molecule has 0 spiro atoms. The monoisotopic (exact) mass is 460 g/mol. The van der Waals surface area contributed by atoms with Crippen LogP contribution in [0.25, 0.3) is 0 Å². The quantitative estimate of drug-likeness (QED) is 0.573. The summed E-state index contributed by atoms with van der Waals surface area (Å²) in [4.78, 5) is 25.8. The zero-order valence-corrected chi connectivity index (χ0v) is 18.0. The molecule has 0 saturated carbocycles. The summed E-state index contributed by atoms with van der Waals surface area (Å²) in [6.45, 7) is 1.30. The molecule has 5 nitrogen and oxygen atoms in total. The SMILES string of the molecule is O=C(O)c1ccc(CCn2c(CN3CCc4c(F)cccc43)c(Cl)cc(Cl)c2=O)cc1. The first kappa shape index (κ1) is 21.4. The minimum absolute atomic E-state index is 0.0304. The van der Waals surface area contributed by atoms with Crippen LogP contribution in [0.15, 0.2) is 53.3 Å². The molecule has 0 atom stereocenters. The summed E-state index contributed by atoms with van der Waals surface area (Å²) in [5.41, 5.74) is 2.81. The molecule has 2 heterocycles. The van der Waals surface area contributed by atoms with E-state index in [-0.39, 0.29) is 22.0 Å². The van der Waals surface area contributed by atoms with Crippen molar-refractivity contribution in [3.05, 3.63) is 97.1 Å². The lowest BCUT2D eigenvalue weighted by Gasteiger charge is -2.23. The number of halogens is 3. The summed E-state index contributed by atoms with van der Waals surface area (Å²) >= 11 is 12.6. The van der Waals surface area contributed by atoms with Crippen LogP contribution in [0.2, 0.25) is 10.0 Å². The molecule has 1 aliphatic rings. The van der Waals surface area contributed by atoms with Crippen molar-refractivity contribution in [2.24, 2.45) is 0 Å². The van der Waals surface area contributed by atoms with Gasteiger partial charge in [0.05, 0.1) is 22.8 Å². The van der Waals surface area contributed by atoms with Gasteiger partial charge in [0.15, 0.2) is 0 Å². The third-order valence-electron chi connectivity index (χ3n) is 5.54. The van der Waals surface area contributed by atoms with Gasteiger partial charge in [-0.15, -0.1) is 0 Å². The molecule has 31 heavy (non-hydrogen) atoms. The third kappa shape index (κ3) is 4.31. The maximum absolute atomic E-state index is 14.1. The van der Waals surface area contributed by atoms with Crippen LogP contribution in [0.3, 0.4) is 0 Å². The van der Waals surface area contributed by atoms with E-state index in [0.29, 0.717) is 48.8 Å². The standard InChI is InChI=1S/C23H19Cl2FN2O3/c24-17-12-18(25)22(29)28(11-8-14-4-6-15(7-5-14)23(30)31)21(17)13-27-10-9-16-19(26)2-1-3-20(16)27/h1-7,12H,8-11,13H2,(H,30,31). The molecule has 0 aliphatic carbocycles. The lowest BCUT2D eigenvalue weighted by molar-refractivity contribution is 0.0697. The van der Waals surface area contributed by atoms with Gasteiger partial charge < -0.3 is 14.6 Å². The Labute approximate surface area is 188 Å². The van der Waals surface area contributed by atoms with E-state index >= 15 is 0 Å². The highest BCUT2D eigenvalue weighted by atomic mass is 35.5. The van der Waals surface area contributed by atoms with Crippen LogP contribution in [0, 0.1) is 5.82 Å². The van der Waals surface area contributed by atoms with Crippen LogP contribution in [0.4, 0.5) is 10.1 Å².